The summed E-state index contributed by atoms with van der Waals surface area (Å²) in [6, 6.07) is 0. The third-order valence-corrected chi connectivity index (χ3v) is 4.24. The van der Waals surface area contributed by atoms with Crippen molar-refractivity contribution in [2.45, 2.75) is 44.1 Å². The third kappa shape index (κ3) is 1.94. The molecule has 0 unspecified atom stereocenters. The van der Waals surface area contributed by atoms with E-state index in [4.69, 9.17) is 5.21 Å². The predicted octanol–water partition coefficient (Wildman–Crippen LogP) is 2.76. The Morgan fingerprint density at radius 1 is 1.58 bits per heavy atom. The standard InChI is InChI=1S/C9H17NOS/c1-4-9-7(3)8(10-11)5-6(2)12-9/h6-7,9,11H,4-5H2,1-3H3/b10-8-/t6-,7+,9+/m0/s1. The summed E-state index contributed by atoms with van der Waals surface area (Å²) in [7, 11) is 0. The van der Waals surface area contributed by atoms with Crippen molar-refractivity contribution in [2.75, 3.05) is 0 Å². The molecule has 0 aromatic heterocycles. The minimum Gasteiger partial charge on any atom is -0.411 e. The van der Waals surface area contributed by atoms with Crippen molar-refractivity contribution < 1.29 is 5.21 Å². The molecule has 1 heterocycles. The zero-order valence-electron chi connectivity index (χ0n) is 7.95. The molecule has 1 aliphatic rings. The molecule has 3 heteroatoms. The maximum absolute atomic E-state index is 8.77. The molecule has 70 valence electrons. The molecule has 1 saturated heterocycles. The van der Waals surface area contributed by atoms with Crippen molar-refractivity contribution >= 4 is 17.5 Å². The van der Waals surface area contributed by atoms with E-state index in [0.717, 1.165) is 18.6 Å². The lowest BCUT2D eigenvalue weighted by atomic mass is 9.95. The van der Waals surface area contributed by atoms with Crippen LogP contribution in [0.15, 0.2) is 5.16 Å². The van der Waals surface area contributed by atoms with E-state index in [1.54, 1.807) is 0 Å². The van der Waals surface area contributed by atoms with Gasteiger partial charge >= 0.3 is 0 Å². The van der Waals surface area contributed by atoms with E-state index in [1.807, 2.05) is 11.8 Å². The smallest absolute Gasteiger partial charge is 0.0620 e. The first-order chi connectivity index (χ1) is 5.69. The fourth-order valence-electron chi connectivity index (χ4n) is 1.74. The Balaban J connectivity index is 2.68. The van der Waals surface area contributed by atoms with E-state index in [2.05, 4.69) is 25.9 Å². The molecule has 1 N–H and O–H groups in total. The van der Waals surface area contributed by atoms with Gasteiger partial charge in [0.1, 0.15) is 0 Å². The van der Waals surface area contributed by atoms with Crippen LogP contribution in [0.25, 0.3) is 0 Å². The second-order valence-corrected chi connectivity index (χ2v) is 5.16. The maximum atomic E-state index is 8.77. The summed E-state index contributed by atoms with van der Waals surface area (Å²) >= 11 is 2.02. The molecule has 0 saturated carbocycles. The molecule has 0 amide bonds. The lowest BCUT2D eigenvalue weighted by Crippen LogP contribution is -2.32. The van der Waals surface area contributed by atoms with Crippen LogP contribution in [0.5, 0.6) is 0 Å². The maximum Gasteiger partial charge on any atom is 0.0620 e. The van der Waals surface area contributed by atoms with Crippen LogP contribution >= 0.6 is 11.8 Å². The molecule has 12 heavy (non-hydrogen) atoms. The summed E-state index contributed by atoms with van der Waals surface area (Å²) in [6.45, 7) is 6.55. The minimum absolute atomic E-state index is 0.446. The van der Waals surface area contributed by atoms with Crippen molar-refractivity contribution in [1.82, 2.24) is 0 Å². The zero-order valence-corrected chi connectivity index (χ0v) is 8.77. The first kappa shape index (κ1) is 9.90. The van der Waals surface area contributed by atoms with Crippen molar-refractivity contribution in [1.29, 1.82) is 0 Å². The normalized spacial score (nSPS) is 40.2. The van der Waals surface area contributed by atoms with Gasteiger partial charge in [0.25, 0.3) is 0 Å². The molecule has 3 atom stereocenters. The van der Waals surface area contributed by atoms with Crippen molar-refractivity contribution in [2.24, 2.45) is 11.1 Å². The van der Waals surface area contributed by atoms with Gasteiger partial charge in [-0.05, 0) is 6.42 Å². The Hall–Kier alpha value is -0.180. The van der Waals surface area contributed by atoms with E-state index in [0.29, 0.717) is 16.4 Å². The molecular formula is C9H17NOS. The molecule has 0 aliphatic carbocycles. The molecule has 0 aromatic carbocycles. The Bertz CT molecular complexity index is 181. The predicted molar refractivity (Wildman–Crippen MR) is 54.1 cm³/mol. The van der Waals surface area contributed by atoms with Gasteiger partial charge in [-0.1, -0.05) is 25.9 Å². The van der Waals surface area contributed by atoms with E-state index in [1.165, 1.54) is 0 Å². The molecule has 0 spiro atoms. The van der Waals surface area contributed by atoms with Crippen LogP contribution < -0.4 is 0 Å². The number of thioether (sulfide) groups is 1. The molecule has 0 radical (unpaired) electrons. The van der Waals surface area contributed by atoms with E-state index < -0.39 is 0 Å². The molecule has 0 bridgehead atoms. The average Bonchev–Trinajstić information content (AvgIpc) is 2.08. The van der Waals surface area contributed by atoms with Gasteiger partial charge in [-0.2, -0.15) is 11.8 Å². The van der Waals surface area contributed by atoms with Crippen LogP contribution in [0.1, 0.15) is 33.6 Å². The van der Waals surface area contributed by atoms with Crippen molar-refractivity contribution in [3.05, 3.63) is 0 Å². The molecule has 0 aromatic rings. The summed E-state index contributed by atoms with van der Waals surface area (Å²) in [6.07, 6.45) is 2.11. The van der Waals surface area contributed by atoms with Gasteiger partial charge in [-0.15, -0.1) is 0 Å². The zero-order chi connectivity index (χ0) is 9.14. The lowest BCUT2D eigenvalue weighted by molar-refractivity contribution is 0.312. The Morgan fingerprint density at radius 2 is 2.25 bits per heavy atom. The lowest BCUT2D eigenvalue weighted by Gasteiger charge is -2.32. The van der Waals surface area contributed by atoms with Crippen LogP contribution in [0.4, 0.5) is 0 Å². The van der Waals surface area contributed by atoms with Gasteiger partial charge < -0.3 is 5.21 Å². The topological polar surface area (TPSA) is 32.6 Å². The summed E-state index contributed by atoms with van der Waals surface area (Å²) in [4.78, 5) is 0. The quantitative estimate of drug-likeness (QED) is 0.505. The molecule has 2 nitrogen and oxygen atoms in total. The largest absolute Gasteiger partial charge is 0.411 e. The van der Waals surface area contributed by atoms with Crippen LogP contribution in [0.3, 0.4) is 0 Å². The van der Waals surface area contributed by atoms with Gasteiger partial charge in [0.05, 0.1) is 5.71 Å². The third-order valence-electron chi connectivity index (χ3n) is 2.52. The van der Waals surface area contributed by atoms with Gasteiger partial charge in [0.2, 0.25) is 0 Å². The molecule has 1 aliphatic heterocycles. The highest BCUT2D eigenvalue weighted by Gasteiger charge is 2.29. The molecule has 1 fully saturated rings. The first-order valence-electron chi connectivity index (χ1n) is 4.55. The summed E-state index contributed by atoms with van der Waals surface area (Å²) in [5, 5.41) is 13.4. The fourth-order valence-corrected chi connectivity index (χ4v) is 3.19. The summed E-state index contributed by atoms with van der Waals surface area (Å²) in [5.41, 5.74) is 0.980. The monoisotopic (exact) mass is 187 g/mol. The van der Waals surface area contributed by atoms with Gasteiger partial charge in [-0.25, -0.2) is 0 Å². The second kappa shape index (κ2) is 4.17. The number of nitrogens with zero attached hydrogens (tertiary/aromatic N) is 1. The van der Waals surface area contributed by atoms with Gasteiger partial charge in [0, 0.05) is 22.8 Å². The highest BCUT2D eigenvalue weighted by Crippen LogP contribution is 2.35. The number of rotatable bonds is 1. The Kier molecular flexibility index (Phi) is 3.44. The Morgan fingerprint density at radius 3 is 2.75 bits per heavy atom. The number of hydrogen-bond donors (Lipinski definition) is 1. The highest BCUT2D eigenvalue weighted by atomic mass is 32.2. The van der Waals surface area contributed by atoms with Crippen LogP contribution in [0.2, 0.25) is 0 Å². The van der Waals surface area contributed by atoms with E-state index >= 15 is 0 Å². The van der Waals surface area contributed by atoms with Gasteiger partial charge in [0.15, 0.2) is 0 Å². The highest BCUT2D eigenvalue weighted by molar-refractivity contribution is 8.00. The van der Waals surface area contributed by atoms with E-state index in [9.17, 15) is 0 Å². The molecular weight excluding hydrogens is 170 g/mol. The first-order valence-corrected chi connectivity index (χ1v) is 5.49. The molecule has 1 rings (SSSR count). The van der Waals surface area contributed by atoms with Crippen molar-refractivity contribution in [3.63, 3.8) is 0 Å². The SMILES string of the molecule is CC[C@H]1S[C@@H](C)C/C(=N/O)[C@H]1C. The number of hydrogen-bond acceptors (Lipinski definition) is 3. The van der Waals surface area contributed by atoms with Crippen LogP contribution in [0, 0.1) is 5.92 Å². The van der Waals surface area contributed by atoms with E-state index in [-0.39, 0.29) is 0 Å². The second-order valence-electron chi connectivity index (χ2n) is 3.48. The minimum atomic E-state index is 0.446. The summed E-state index contributed by atoms with van der Waals surface area (Å²) in [5.74, 6) is 0.446. The van der Waals surface area contributed by atoms with Gasteiger partial charge in [-0.3, -0.25) is 0 Å². The Labute approximate surface area is 78.4 Å². The van der Waals surface area contributed by atoms with Crippen LogP contribution in [-0.2, 0) is 0 Å². The van der Waals surface area contributed by atoms with Crippen LogP contribution in [-0.4, -0.2) is 21.4 Å². The summed E-state index contributed by atoms with van der Waals surface area (Å²) < 4.78 is 0. The fraction of sp³-hybridized carbons (Fsp3) is 0.889. The number of oxime groups is 1. The average molecular weight is 187 g/mol. The van der Waals surface area contributed by atoms with Crippen molar-refractivity contribution in [3.8, 4) is 0 Å².